The van der Waals surface area contributed by atoms with Crippen molar-refractivity contribution in [3.8, 4) is 0 Å². The molecule has 0 aliphatic rings. The van der Waals surface area contributed by atoms with Gasteiger partial charge in [-0.05, 0) is 32.4 Å². The van der Waals surface area contributed by atoms with Gasteiger partial charge >= 0.3 is 6.03 Å². The van der Waals surface area contributed by atoms with E-state index >= 15 is 0 Å². The summed E-state index contributed by atoms with van der Waals surface area (Å²) in [6.45, 7) is 3.75. The number of benzene rings is 1. The normalized spacial score (nSPS) is 13.7. The molecule has 1 rings (SSSR count). The van der Waals surface area contributed by atoms with E-state index in [2.05, 4.69) is 5.32 Å². The summed E-state index contributed by atoms with van der Waals surface area (Å²) in [6.07, 6.45) is 0.0161. The Morgan fingerprint density at radius 3 is 2.70 bits per heavy atom. The molecule has 0 bridgehead atoms. The zero-order chi connectivity index (χ0) is 15.3. The van der Waals surface area contributed by atoms with Gasteiger partial charge in [0.05, 0.1) is 12.1 Å². The maximum absolute atomic E-state index is 13.7. The average Bonchev–Trinajstić information content (AvgIpc) is 2.35. The highest BCUT2D eigenvalue weighted by atomic mass is 35.5. The Labute approximate surface area is 123 Å². The number of hydrogen-bond donors (Lipinski definition) is 2. The summed E-state index contributed by atoms with van der Waals surface area (Å²) in [6, 6.07) is 3.54. The van der Waals surface area contributed by atoms with Crippen molar-refractivity contribution < 1.29 is 14.3 Å². The Bertz CT molecular complexity index is 448. The topological polar surface area (TPSA) is 52.6 Å². The minimum Gasteiger partial charge on any atom is -0.393 e. The number of halogens is 2. The van der Waals surface area contributed by atoms with Crippen LogP contribution < -0.4 is 5.32 Å². The summed E-state index contributed by atoms with van der Waals surface area (Å²) >= 11 is 5.95. The molecule has 2 atom stereocenters. The number of aliphatic hydroxyl groups is 1. The molecule has 0 saturated heterocycles. The molecule has 0 spiro atoms. The van der Waals surface area contributed by atoms with Crippen molar-refractivity contribution >= 4 is 17.6 Å². The highest BCUT2D eigenvalue weighted by molar-refractivity contribution is 6.31. The lowest BCUT2D eigenvalue weighted by atomic mass is 10.1. The van der Waals surface area contributed by atoms with Crippen molar-refractivity contribution in [2.75, 3.05) is 13.6 Å². The predicted octanol–water partition coefficient (Wildman–Crippen LogP) is 2.95. The molecule has 0 saturated carbocycles. The Morgan fingerprint density at radius 1 is 1.50 bits per heavy atom. The van der Waals surface area contributed by atoms with Crippen LogP contribution in [0.1, 0.15) is 31.9 Å². The van der Waals surface area contributed by atoms with Gasteiger partial charge in [0.15, 0.2) is 0 Å². The van der Waals surface area contributed by atoms with Gasteiger partial charge in [-0.15, -0.1) is 0 Å². The lowest BCUT2D eigenvalue weighted by Crippen LogP contribution is -2.40. The first kappa shape index (κ1) is 16.7. The van der Waals surface area contributed by atoms with Gasteiger partial charge < -0.3 is 15.3 Å². The second-order valence-corrected chi connectivity index (χ2v) is 5.27. The molecule has 0 aliphatic heterocycles. The third kappa shape index (κ3) is 4.65. The van der Waals surface area contributed by atoms with E-state index in [0.29, 0.717) is 13.0 Å². The Kier molecular flexibility index (Phi) is 6.23. The van der Waals surface area contributed by atoms with E-state index in [9.17, 15) is 14.3 Å². The molecule has 0 aromatic heterocycles. The molecule has 4 nitrogen and oxygen atoms in total. The summed E-state index contributed by atoms with van der Waals surface area (Å²) in [5.74, 6) is -0.447. The molecular formula is C14H20ClFN2O2. The van der Waals surface area contributed by atoms with Crippen LogP contribution in [0.3, 0.4) is 0 Å². The molecule has 2 N–H and O–H groups in total. The first-order valence-corrected chi connectivity index (χ1v) is 6.84. The number of urea groups is 1. The minimum atomic E-state index is -0.537. The number of nitrogens with one attached hydrogen (secondary N) is 1. The van der Waals surface area contributed by atoms with E-state index in [4.69, 9.17) is 11.6 Å². The number of carbonyl (C=O) groups excluding carboxylic acids is 1. The van der Waals surface area contributed by atoms with Crippen LogP contribution in [-0.4, -0.2) is 35.7 Å². The smallest absolute Gasteiger partial charge is 0.317 e. The maximum Gasteiger partial charge on any atom is 0.317 e. The fourth-order valence-electron chi connectivity index (χ4n) is 1.77. The molecule has 0 fully saturated rings. The Morgan fingerprint density at radius 2 is 2.15 bits per heavy atom. The van der Waals surface area contributed by atoms with Crippen LogP contribution >= 0.6 is 11.6 Å². The highest BCUT2D eigenvalue weighted by Gasteiger charge is 2.18. The van der Waals surface area contributed by atoms with Gasteiger partial charge in [0.25, 0.3) is 0 Å². The number of amides is 2. The predicted molar refractivity (Wildman–Crippen MR) is 77.3 cm³/mol. The second-order valence-electron chi connectivity index (χ2n) is 4.87. The molecule has 20 heavy (non-hydrogen) atoms. The Hall–Kier alpha value is -1.33. The quantitative estimate of drug-likeness (QED) is 0.878. The molecule has 112 valence electrons. The number of carbonyl (C=O) groups is 1. The number of aliphatic hydroxyl groups excluding tert-OH is 1. The van der Waals surface area contributed by atoms with E-state index in [1.54, 1.807) is 27.0 Å². The minimum absolute atomic E-state index is 0.270. The number of hydrogen-bond acceptors (Lipinski definition) is 2. The maximum atomic E-state index is 13.7. The average molecular weight is 303 g/mol. The zero-order valence-electron chi connectivity index (χ0n) is 11.9. The van der Waals surface area contributed by atoms with Crippen LogP contribution in [0.4, 0.5) is 9.18 Å². The molecular weight excluding hydrogens is 283 g/mol. The SMILES string of the molecule is CC(O)CCN(C)C(=O)NC(C)c1c(F)cccc1Cl. The second kappa shape index (κ2) is 7.45. The molecule has 6 heteroatoms. The molecule has 0 aliphatic carbocycles. The van der Waals surface area contributed by atoms with Crippen molar-refractivity contribution in [2.45, 2.75) is 32.4 Å². The van der Waals surface area contributed by atoms with E-state index in [0.717, 1.165) is 0 Å². The summed E-state index contributed by atoms with van der Waals surface area (Å²) in [5.41, 5.74) is 0.270. The fourth-order valence-corrected chi connectivity index (χ4v) is 2.10. The van der Waals surface area contributed by atoms with Crippen molar-refractivity contribution in [1.29, 1.82) is 0 Å². The molecule has 0 heterocycles. The molecule has 1 aromatic rings. The van der Waals surface area contributed by atoms with Crippen LogP contribution in [0.15, 0.2) is 18.2 Å². The standard InChI is InChI=1S/C14H20ClFN2O2/c1-9(19)7-8-18(3)14(20)17-10(2)13-11(15)5-4-6-12(13)16/h4-6,9-10,19H,7-8H2,1-3H3,(H,17,20). The van der Waals surface area contributed by atoms with Crippen molar-refractivity contribution in [3.63, 3.8) is 0 Å². The first-order chi connectivity index (χ1) is 9.32. The van der Waals surface area contributed by atoms with Gasteiger partial charge in [-0.2, -0.15) is 0 Å². The monoisotopic (exact) mass is 302 g/mol. The third-order valence-corrected chi connectivity index (χ3v) is 3.33. The van der Waals surface area contributed by atoms with E-state index in [-0.39, 0.29) is 16.6 Å². The van der Waals surface area contributed by atoms with Gasteiger partial charge in [-0.1, -0.05) is 17.7 Å². The van der Waals surface area contributed by atoms with Crippen LogP contribution in [0.25, 0.3) is 0 Å². The van der Waals surface area contributed by atoms with Crippen molar-refractivity contribution in [1.82, 2.24) is 10.2 Å². The summed E-state index contributed by atoms with van der Waals surface area (Å²) < 4.78 is 13.7. The highest BCUT2D eigenvalue weighted by Crippen LogP contribution is 2.25. The zero-order valence-corrected chi connectivity index (χ0v) is 12.6. The van der Waals surface area contributed by atoms with Crippen LogP contribution in [-0.2, 0) is 0 Å². The van der Waals surface area contributed by atoms with Gasteiger partial charge in [0.1, 0.15) is 5.82 Å². The van der Waals surface area contributed by atoms with E-state index < -0.39 is 18.0 Å². The third-order valence-electron chi connectivity index (χ3n) is 3.00. The molecule has 1 aromatic carbocycles. The molecule has 2 amide bonds. The number of nitrogens with zero attached hydrogens (tertiary/aromatic N) is 1. The summed E-state index contributed by atoms with van der Waals surface area (Å²) in [5, 5.41) is 12.2. The number of rotatable bonds is 5. The summed E-state index contributed by atoms with van der Waals surface area (Å²) in [4.78, 5) is 13.4. The van der Waals surface area contributed by atoms with Crippen molar-refractivity contribution in [2.24, 2.45) is 0 Å². The van der Waals surface area contributed by atoms with E-state index in [1.165, 1.54) is 17.0 Å². The van der Waals surface area contributed by atoms with E-state index in [1.807, 2.05) is 0 Å². The van der Waals surface area contributed by atoms with Gasteiger partial charge in [-0.25, -0.2) is 9.18 Å². The lowest BCUT2D eigenvalue weighted by molar-refractivity contribution is 0.162. The molecule has 0 radical (unpaired) electrons. The lowest BCUT2D eigenvalue weighted by Gasteiger charge is -2.22. The largest absolute Gasteiger partial charge is 0.393 e. The van der Waals surface area contributed by atoms with Crippen LogP contribution in [0.5, 0.6) is 0 Å². The fraction of sp³-hybridized carbons (Fsp3) is 0.500. The first-order valence-electron chi connectivity index (χ1n) is 6.46. The molecule has 2 unspecified atom stereocenters. The van der Waals surface area contributed by atoms with Gasteiger partial charge in [-0.3, -0.25) is 0 Å². The Balaban J connectivity index is 2.66. The van der Waals surface area contributed by atoms with Crippen LogP contribution in [0.2, 0.25) is 5.02 Å². The van der Waals surface area contributed by atoms with Crippen molar-refractivity contribution in [3.05, 3.63) is 34.6 Å². The van der Waals surface area contributed by atoms with Crippen LogP contribution in [0, 0.1) is 5.82 Å². The summed E-state index contributed by atoms with van der Waals surface area (Å²) in [7, 11) is 1.62. The van der Waals surface area contributed by atoms with Gasteiger partial charge in [0, 0.05) is 24.2 Å². The van der Waals surface area contributed by atoms with Gasteiger partial charge in [0.2, 0.25) is 0 Å².